The monoisotopic (exact) mass is 334 g/mol. The van der Waals surface area contributed by atoms with Crippen LogP contribution in [0.15, 0.2) is 58.2 Å². The first kappa shape index (κ1) is 15.8. The van der Waals surface area contributed by atoms with E-state index in [0.717, 1.165) is 22.7 Å². The molecule has 1 atom stereocenters. The van der Waals surface area contributed by atoms with Crippen molar-refractivity contribution in [2.24, 2.45) is 7.05 Å². The van der Waals surface area contributed by atoms with E-state index in [1.54, 1.807) is 0 Å². The fraction of sp³-hybridized carbons (Fsp3) is 0.286. The van der Waals surface area contributed by atoms with Crippen molar-refractivity contribution >= 4 is 16.8 Å². The molecular formula is C21H22N2O2. The van der Waals surface area contributed by atoms with Crippen molar-refractivity contribution in [1.29, 1.82) is 0 Å². The molecule has 0 N–H and O–H groups in total. The molecule has 3 aromatic rings. The molecule has 1 aliphatic heterocycles. The van der Waals surface area contributed by atoms with Gasteiger partial charge in [-0.15, -0.1) is 0 Å². The zero-order valence-corrected chi connectivity index (χ0v) is 15.0. The predicted octanol–water partition coefficient (Wildman–Crippen LogP) is 4.50. The summed E-state index contributed by atoms with van der Waals surface area (Å²) in [5, 5.41) is 1.19. The van der Waals surface area contributed by atoms with Gasteiger partial charge in [0.05, 0.1) is 12.6 Å². The first-order chi connectivity index (χ1) is 12.0. The third kappa shape index (κ3) is 2.40. The Hall–Kier alpha value is -2.75. The Morgan fingerprint density at radius 3 is 2.56 bits per heavy atom. The molecule has 1 amide bonds. The van der Waals surface area contributed by atoms with Crippen LogP contribution in [0.25, 0.3) is 10.9 Å². The van der Waals surface area contributed by atoms with E-state index in [0.29, 0.717) is 6.54 Å². The first-order valence-electron chi connectivity index (χ1n) is 8.55. The fourth-order valence-electron chi connectivity index (χ4n) is 3.83. The van der Waals surface area contributed by atoms with Crippen LogP contribution in [-0.4, -0.2) is 15.4 Å². The molecule has 2 aromatic heterocycles. The average molecular weight is 334 g/mol. The Morgan fingerprint density at radius 2 is 1.84 bits per heavy atom. The summed E-state index contributed by atoms with van der Waals surface area (Å²) >= 11 is 0. The maximum absolute atomic E-state index is 12.9. The van der Waals surface area contributed by atoms with Crippen LogP contribution in [0.4, 0.5) is 0 Å². The Bertz CT molecular complexity index is 1010. The van der Waals surface area contributed by atoms with Crippen LogP contribution in [0.3, 0.4) is 0 Å². The number of aromatic nitrogens is 1. The van der Waals surface area contributed by atoms with Gasteiger partial charge in [0.25, 0.3) is 5.91 Å². The van der Waals surface area contributed by atoms with Gasteiger partial charge in [-0.25, -0.2) is 0 Å². The summed E-state index contributed by atoms with van der Waals surface area (Å²) in [4.78, 5) is 14.8. The van der Waals surface area contributed by atoms with Crippen LogP contribution in [0.5, 0.6) is 0 Å². The Labute approximate surface area is 147 Å². The predicted molar refractivity (Wildman–Crippen MR) is 98.0 cm³/mol. The number of furan rings is 1. The molecule has 0 radical (unpaired) electrons. The maximum Gasteiger partial charge on any atom is 0.250 e. The molecule has 0 unspecified atom stereocenters. The minimum atomic E-state index is -0.0518. The number of nitrogens with zero attached hydrogens (tertiary/aromatic N) is 2. The second kappa shape index (κ2) is 5.66. The highest BCUT2D eigenvalue weighted by Crippen LogP contribution is 2.41. The average Bonchev–Trinajstić information content (AvgIpc) is 3.22. The molecule has 0 fully saturated rings. The first-order valence-corrected chi connectivity index (χ1v) is 8.55. The van der Waals surface area contributed by atoms with E-state index in [-0.39, 0.29) is 11.9 Å². The molecule has 1 aliphatic rings. The molecule has 0 aliphatic carbocycles. The summed E-state index contributed by atoms with van der Waals surface area (Å²) in [5.74, 6) is 1.77. The van der Waals surface area contributed by atoms with Gasteiger partial charge in [0.15, 0.2) is 0 Å². The molecule has 3 heterocycles. The smallest absolute Gasteiger partial charge is 0.250 e. The molecular weight excluding hydrogens is 312 g/mol. The molecule has 0 spiro atoms. The summed E-state index contributed by atoms with van der Waals surface area (Å²) in [5.41, 5.74) is 4.30. The number of carbonyl (C=O) groups is 1. The summed E-state index contributed by atoms with van der Waals surface area (Å²) in [6, 6.07) is 12.2. The lowest BCUT2D eigenvalue weighted by molar-refractivity contribution is -0.128. The Kier molecular flexibility index (Phi) is 3.57. The van der Waals surface area contributed by atoms with Crippen molar-refractivity contribution in [3.05, 3.63) is 70.8 Å². The van der Waals surface area contributed by atoms with E-state index >= 15 is 0 Å². The SMILES string of the molecule is CC1=C(C)[C@H](c2cn(C)c3ccccc23)N(Cc2ccc(C)o2)C1=O. The van der Waals surface area contributed by atoms with Gasteiger partial charge in [0, 0.05) is 35.3 Å². The van der Waals surface area contributed by atoms with Crippen LogP contribution < -0.4 is 0 Å². The van der Waals surface area contributed by atoms with Gasteiger partial charge in [-0.3, -0.25) is 4.79 Å². The highest BCUT2D eigenvalue weighted by molar-refractivity contribution is 5.98. The highest BCUT2D eigenvalue weighted by atomic mass is 16.3. The number of rotatable bonds is 3. The minimum absolute atomic E-state index is 0.0518. The van der Waals surface area contributed by atoms with Crippen molar-refractivity contribution < 1.29 is 9.21 Å². The number of hydrogen-bond donors (Lipinski definition) is 0. The third-order valence-corrected chi connectivity index (χ3v) is 5.24. The normalized spacial score (nSPS) is 18.0. The number of benzene rings is 1. The summed E-state index contributed by atoms with van der Waals surface area (Å²) in [6.07, 6.45) is 2.14. The Morgan fingerprint density at radius 1 is 1.08 bits per heavy atom. The van der Waals surface area contributed by atoms with E-state index in [1.165, 1.54) is 16.5 Å². The fourth-order valence-corrected chi connectivity index (χ4v) is 3.83. The molecule has 4 rings (SSSR count). The highest BCUT2D eigenvalue weighted by Gasteiger charge is 2.37. The largest absolute Gasteiger partial charge is 0.464 e. The van der Waals surface area contributed by atoms with Gasteiger partial charge in [0.2, 0.25) is 0 Å². The van der Waals surface area contributed by atoms with Crippen LogP contribution in [0.2, 0.25) is 0 Å². The second-order valence-corrected chi connectivity index (χ2v) is 6.87. The molecule has 0 saturated carbocycles. The van der Waals surface area contributed by atoms with E-state index in [4.69, 9.17) is 4.42 Å². The molecule has 4 nitrogen and oxygen atoms in total. The molecule has 128 valence electrons. The van der Waals surface area contributed by atoms with Crippen molar-refractivity contribution in [1.82, 2.24) is 9.47 Å². The number of aryl methyl sites for hydroxylation is 2. The van der Waals surface area contributed by atoms with Gasteiger partial charge in [-0.2, -0.15) is 0 Å². The summed E-state index contributed by atoms with van der Waals surface area (Å²) in [7, 11) is 2.05. The Balaban J connectivity index is 1.82. The molecule has 0 bridgehead atoms. The topological polar surface area (TPSA) is 38.4 Å². The lowest BCUT2D eigenvalue weighted by Crippen LogP contribution is -2.29. The van der Waals surface area contributed by atoms with Crippen LogP contribution in [0, 0.1) is 6.92 Å². The number of fused-ring (bicyclic) bond motifs is 1. The number of carbonyl (C=O) groups excluding carboxylic acids is 1. The number of amides is 1. The summed E-state index contributed by atoms with van der Waals surface area (Å²) < 4.78 is 7.85. The molecule has 0 saturated heterocycles. The maximum atomic E-state index is 12.9. The second-order valence-electron chi connectivity index (χ2n) is 6.87. The van der Waals surface area contributed by atoms with Gasteiger partial charge >= 0.3 is 0 Å². The van der Waals surface area contributed by atoms with Gasteiger partial charge in [0.1, 0.15) is 11.5 Å². The molecule has 25 heavy (non-hydrogen) atoms. The van der Waals surface area contributed by atoms with Gasteiger partial charge in [-0.1, -0.05) is 18.2 Å². The third-order valence-electron chi connectivity index (χ3n) is 5.24. The standard InChI is InChI=1S/C21H22N2O2/c1-13-9-10-16(25-13)11-23-20(14(2)15(3)21(23)24)18-12-22(4)19-8-6-5-7-17(18)19/h5-10,12,20H,11H2,1-4H3/t20-/m1/s1. The van der Waals surface area contributed by atoms with Crippen LogP contribution in [0.1, 0.15) is 37.0 Å². The lowest BCUT2D eigenvalue weighted by atomic mass is 9.98. The number of hydrogen-bond acceptors (Lipinski definition) is 2. The van der Waals surface area contributed by atoms with E-state index in [1.807, 2.05) is 36.9 Å². The molecule has 4 heteroatoms. The van der Waals surface area contributed by atoms with E-state index in [9.17, 15) is 4.79 Å². The van der Waals surface area contributed by atoms with E-state index in [2.05, 4.69) is 42.9 Å². The molecule has 1 aromatic carbocycles. The summed E-state index contributed by atoms with van der Waals surface area (Å²) in [6.45, 7) is 6.39. The van der Waals surface area contributed by atoms with Gasteiger partial charge in [-0.05, 0) is 44.5 Å². The number of para-hydroxylation sites is 1. The van der Waals surface area contributed by atoms with Crippen molar-refractivity contribution in [3.63, 3.8) is 0 Å². The zero-order valence-electron chi connectivity index (χ0n) is 15.0. The van der Waals surface area contributed by atoms with Crippen LogP contribution >= 0.6 is 0 Å². The van der Waals surface area contributed by atoms with Crippen molar-refractivity contribution in [2.75, 3.05) is 0 Å². The zero-order chi connectivity index (χ0) is 17.7. The minimum Gasteiger partial charge on any atom is -0.464 e. The lowest BCUT2D eigenvalue weighted by Gasteiger charge is -2.25. The van der Waals surface area contributed by atoms with Crippen molar-refractivity contribution in [3.8, 4) is 0 Å². The van der Waals surface area contributed by atoms with E-state index < -0.39 is 0 Å². The quantitative estimate of drug-likeness (QED) is 0.707. The van der Waals surface area contributed by atoms with Crippen LogP contribution in [-0.2, 0) is 18.4 Å². The van der Waals surface area contributed by atoms with Gasteiger partial charge < -0.3 is 13.9 Å². The van der Waals surface area contributed by atoms with Crippen molar-refractivity contribution in [2.45, 2.75) is 33.4 Å².